The molecule has 25 heavy (non-hydrogen) atoms. The molecule has 0 radical (unpaired) electrons. The molecule has 0 aliphatic carbocycles. The molecule has 1 aromatic heterocycles. The van der Waals surface area contributed by atoms with Crippen LogP contribution in [0.2, 0.25) is 5.02 Å². The quantitative estimate of drug-likeness (QED) is 0.914. The van der Waals surface area contributed by atoms with Crippen LogP contribution in [0, 0.1) is 0 Å². The van der Waals surface area contributed by atoms with Gasteiger partial charge in [-0.1, -0.05) is 29.8 Å². The summed E-state index contributed by atoms with van der Waals surface area (Å²) in [6.45, 7) is 4.33. The first-order chi connectivity index (χ1) is 12.2. The summed E-state index contributed by atoms with van der Waals surface area (Å²) in [5, 5.41) is 8.76. The number of rotatable bonds is 4. The van der Waals surface area contributed by atoms with Gasteiger partial charge < -0.3 is 10.2 Å². The second-order valence-electron chi connectivity index (χ2n) is 6.87. The third-order valence-corrected chi connectivity index (χ3v) is 5.55. The van der Waals surface area contributed by atoms with E-state index in [0.29, 0.717) is 18.8 Å². The van der Waals surface area contributed by atoms with Crippen molar-refractivity contribution in [1.29, 1.82) is 0 Å². The van der Waals surface area contributed by atoms with Crippen LogP contribution in [0.5, 0.6) is 0 Å². The zero-order valence-electron chi connectivity index (χ0n) is 14.2. The Morgan fingerprint density at radius 2 is 2.20 bits per heavy atom. The number of hydrogen-bond donors (Lipinski definition) is 1. The second-order valence-corrected chi connectivity index (χ2v) is 7.28. The van der Waals surface area contributed by atoms with Crippen molar-refractivity contribution in [3.63, 3.8) is 0 Å². The van der Waals surface area contributed by atoms with Gasteiger partial charge in [-0.05, 0) is 24.1 Å². The van der Waals surface area contributed by atoms with Crippen LogP contribution in [0.4, 0.5) is 0 Å². The van der Waals surface area contributed by atoms with Gasteiger partial charge >= 0.3 is 0 Å². The lowest BCUT2D eigenvalue weighted by atomic mass is 9.98. The first-order valence-electron chi connectivity index (χ1n) is 8.99. The van der Waals surface area contributed by atoms with Gasteiger partial charge in [-0.25, -0.2) is 0 Å². The highest BCUT2D eigenvalue weighted by molar-refractivity contribution is 6.31. The van der Waals surface area contributed by atoms with Crippen molar-refractivity contribution in [2.24, 2.45) is 0 Å². The molecule has 0 spiro atoms. The normalized spacial score (nSPS) is 19.9. The molecule has 0 bridgehead atoms. The van der Waals surface area contributed by atoms with E-state index in [1.165, 1.54) is 5.69 Å². The number of benzene rings is 1. The van der Waals surface area contributed by atoms with Crippen LogP contribution in [-0.2, 0) is 24.3 Å². The molecule has 4 rings (SSSR count). The number of carbonyl (C=O) groups excluding carboxylic acids is 1. The number of halogens is 1. The average molecular weight is 359 g/mol. The summed E-state index contributed by atoms with van der Waals surface area (Å²) >= 11 is 6.30. The first kappa shape index (κ1) is 16.6. The molecule has 1 atom stereocenters. The fourth-order valence-electron chi connectivity index (χ4n) is 3.81. The molecule has 2 aliphatic heterocycles. The highest BCUT2D eigenvalue weighted by atomic mass is 35.5. The highest BCUT2D eigenvalue weighted by Crippen LogP contribution is 2.32. The van der Waals surface area contributed by atoms with E-state index >= 15 is 0 Å². The molecular formula is C19H23ClN4O. The van der Waals surface area contributed by atoms with E-state index in [4.69, 9.17) is 11.6 Å². The summed E-state index contributed by atoms with van der Waals surface area (Å²) in [7, 11) is 0. The van der Waals surface area contributed by atoms with Crippen LogP contribution < -0.4 is 5.32 Å². The smallest absolute Gasteiger partial charge is 0.222 e. The number of nitrogens with one attached hydrogen (secondary N) is 1. The van der Waals surface area contributed by atoms with Crippen LogP contribution in [0.3, 0.4) is 0 Å². The fourth-order valence-corrected chi connectivity index (χ4v) is 4.10. The Morgan fingerprint density at radius 1 is 1.32 bits per heavy atom. The van der Waals surface area contributed by atoms with Gasteiger partial charge in [0.05, 0.1) is 17.9 Å². The molecule has 6 heteroatoms. The van der Waals surface area contributed by atoms with E-state index in [0.717, 1.165) is 55.4 Å². The summed E-state index contributed by atoms with van der Waals surface area (Å²) in [5.74, 6) is 0.572. The van der Waals surface area contributed by atoms with Crippen LogP contribution in [-0.4, -0.2) is 40.2 Å². The molecule has 3 heterocycles. The van der Waals surface area contributed by atoms with Gasteiger partial charge in [-0.15, -0.1) is 0 Å². The zero-order chi connectivity index (χ0) is 17.2. The summed E-state index contributed by atoms with van der Waals surface area (Å²) in [5.41, 5.74) is 3.40. The number of aryl methyl sites for hydroxylation is 1. The predicted octanol–water partition coefficient (Wildman–Crippen LogP) is 2.59. The van der Waals surface area contributed by atoms with E-state index in [2.05, 4.69) is 27.2 Å². The van der Waals surface area contributed by atoms with Gasteiger partial charge in [0, 0.05) is 50.0 Å². The third-order valence-electron chi connectivity index (χ3n) is 5.20. The topological polar surface area (TPSA) is 50.2 Å². The molecule has 0 unspecified atom stereocenters. The van der Waals surface area contributed by atoms with Gasteiger partial charge in [0.1, 0.15) is 0 Å². The van der Waals surface area contributed by atoms with Crippen molar-refractivity contribution in [3.05, 3.63) is 52.3 Å². The molecule has 1 aromatic carbocycles. The van der Waals surface area contributed by atoms with E-state index in [9.17, 15) is 4.79 Å². The number of nitrogens with zero attached hydrogens (tertiary/aromatic N) is 3. The van der Waals surface area contributed by atoms with E-state index in [1.54, 1.807) is 0 Å². The number of carbonyl (C=O) groups is 1. The van der Waals surface area contributed by atoms with Crippen molar-refractivity contribution in [2.75, 3.05) is 19.6 Å². The highest BCUT2D eigenvalue weighted by Gasteiger charge is 2.28. The van der Waals surface area contributed by atoms with Crippen molar-refractivity contribution in [2.45, 2.75) is 38.3 Å². The van der Waals surface area contributed by atoms with Gasteiger partial charge in [0.2, 0.25) is 5.91 Å². The number of amides is 1. The third kappa shape index (κ3) is 3.58. The Kier molecular flexibility index (Phi) is 4.77. The number of hydrogen-bond acceptors (Lipinski definition) is 3. The maximum atomic E-state index is 12.6. The van der Waals surface area contributed by atoms with Crippen LogP contribution in [0.1, 0.15) is 35.7 Å². The summed E-state index contributed by atoms with van der Waals surface area (Å²) in [6, 6.07) is 10.1. The van der Waals surface area contributed by atoms with Gasteiger partial charge in [-0.3, -0.25) is 9.48 Å². The van der Waals surface area contributed by atoms with Crippen molar-refractivity contribution < 1.29 is 4.79 Å². The standard InChI is InChI=1S/C19H23ClN4O/c20-18-4-2-1-3-17(18)14-7-9-23(13-14)19(25)6-5-15-11-16-12-21-8-10-24(16)22-15/h1-4,11,14,21H,5-10,12-13H2/t14-/m1/s1. The minimum Gasteiger partial charge on any atom is -0.342 e. The van der Waals surface area contributed by atoms with Crippen LogP contribution in [0.25, 0.3) is 0 Å². The largest absolute Gasteiger partial charge is 0.342 e. The number of fused-ring (bicyclic) bond motifs is 1. The molecule has 132 valence electrons. The molecule has 2 aromatic rings. The fraction of sp³-hybridized carbons (Fsp3) is 0.474. The van der Waals surface area contributed by atoms with Gasteiger partial charge in [0.25, 0.3) is 0 Å². The summed E-state index contributed by atoms with van der Waals surface area (Å²) in [6.07, 6.45) is 2.23. The summed E-state index contributed by atoms with van der Waals surface area (Å²) in [4.78, 5) is 14.5. The number of likely N-dealkylation sites (tertiary alicyclic amines) is 1. The lowest BCUT2D eigenvalue weighted by molar-refractivity contribution is -0.130. The Balaban J connectivity index is 1.33. The molecule has 0 saturated carbocycles. The SMILES string of the molecule is O=C(CCc1cc2n(n1)CCNC2)N1CC[C@@H](c2ccccc2Cl)C1. The Labute approximate surface area is 153 Å². The molecule has 1 saturated heterocycles. The van der Waals surface area contributed by atoms with E-state index in [1.807, 2.05) is 23.1 Å². The first-order valence-corrected chi connectivity index (χ1v) is 9.37. The molecule has 1 fully saturated rings. The Bertz CT molecular complexity index is 749. The maximum absolute atomic E-state index is 12.6. The molecule has 1 amide bonds. The zero-order valence-corrected chi connectivity index (χ0v) is 15.0. The predicted molar refractivity (Wildman–Crippen MR) is 97.6 cm³/mol. The Hall–Kier alpha value is -1.85. The van der Waals surface area contributed by atoms with Crippen molar-refractivity contribution in [1.82, 2.24) is 20.0 Å². The minimum atomic E-state index is 0.221. The minimum absolute atomic E-state index is 0.221. The van der Waals surface area contributed by atoms with E-state index < -0.39 is 0 Å². The lowest BCUT2D eigenvalue weighted by Gasteiger charge is -2.17. The van der Waals surface area contributed by atoms with Crippen LogP contribution in [0.15, 0.2) is 30.3 Å². The number of aromatic nitrogens is 2. The lowest BCUT2D eigenvalue weighted by Crippen LogP contribution is -2.28. The van der Waals surface area contributed by atoms with Crippen molar-refractivity contribution in [3.8, 4) is 0 Å². The van der Waals surface area contributed by atoms with E-state index in [-0.39, 0.29) is 5.91 Å². The van der Waals surface area contributed by atoms with Crippen molar-refractivity contribution >= 4 is 17.5 Å². The molecular weight excluding hydrogens is 336 g/mol. The maximum Gasteiger partial charge on any atom is 0.222 e. The molecule has 2 aliphatic rings. The van der Waals surface area contributed by atoms with Crippen LogP contribution >= 0.6 is 11.6 Å². The molecule has 1 N–H and O–H groups in total. The second kappa shape index (κ2) is 7.18. The van der Waals surface area contributed by atoms with Gasteiger partial charge in [0.15, 0.2) is 0 Å². The Morgan fingerprint density at radius 3 is 3.04 bits per heavy atom. The monoisotopic (exact) mass is 358 g/mol. The average Bonchev–Trinajstić information content (AvgIpc) is 3.27. The summed E-state index contributed by atoms with van der Waals surface area (Å²) < 4.78 is 2.06. The molecule has 5 nitrogen and oxygen atoms in total. The van der Waals surface area contributed by atoms with Gasteiger partial charge in [-0.2, -0.15) is 5.10 Å².